The molecule has 0 amide bonds. The number of halogens is 3. The Labute approximate surface area is 233 Å². The van der Waals surface area contributed by atoms with Crippen LogP contribution in [0.1, 0.15) is 84.6 Å². The van der Waals surface area contributed by atoms with Gasteiger partial charge in [-0.1, -0.05) is 51.2 Å². The molecule has 1 N–H and O–H groups in total. The van der Waals surface area contributed by atoms with Gasteiger partial charge in [-0.15, -0.1) is 0 Å². The van der Waals surface area contributed by atoms with Crippen LogP contribution in [-0.2, 0) is 4.79 Å². The van der Waals surface area contributed by atoms with Gasteiger partial charge in [0.25, 0.3) is 0 Å². The maximum Gasteiger partial charge on any atom is 0.194 e. The van der Waals surface area contributed by atoms with Crippen molar-refractivity contribution >= 4 is 11.5 Å². The number of hydrogen-bond acceptors (Lipinski definition) is 3. The van der Waals surface area contributed by atoms with Crippen LogP contribution in [0, 0.1) is 29.3 Å². The Balaban J connectivity index is 2.63. The molecule has 0 spiro atoms. The van der Waals surface area contributed by atoms with Gasteiger partial charge in [0.2, 0.25) is 0 Å². The van der Waals surface area contributed by atoms with E-state index in [1.807, 2.05) is 26.8 Å². The van der Waals surface area contributed by atoms with Crippen molar-refractivity contribution in [2.75, 3.05) is 20.1 Å². The second-order valence-corrected chi connectivity index (χ2v) is 11.3. The summed E-state index contributed by atoms with van der Waals surface area (Å²) in [5, 5.41) is 3.46. The van der Waals surface area contributed by atoms with Gasteiger partial charge >= 0.3 is 0 Å². The number of hydrogen-bond donors (Lipinski definition) is 1. The van der Waals surface area contributed by atoms with Gasteiger partial charge in [-0.2, -0.15) is 0 Å². The zero-order valence-corrected chi connectivity index (χ0v) is 24.5. The van der Waals surface area contributed by atoms with Crippen molar-refractivity contribution in [2.45, 2.75) is 79.1 Å². The predicted octanol–water partition coefficient (Wildman–Crippen LogP) is 8.44. The highest BCUT2D eigenvalue weighted by molar-refractivity contribution is 6.04. The first-order valence-electron chi connectivity index (χ1n) is 13.9. The average molecular weight is 543 g/mol. The summed E-state index contributed by atoms with van der Waals surface area (Å²) >= 11 is 0. The third-order valence-electron chi connectivity index (χ3n) is 7.32. The fourth-order valence-corrected chi connectivity index (χ4v) is 5.08. The molecule has 1 aromatic carbocycles. The fourth-order valence-electron chi connectivity index (χ4n) is 5.08. The lowest BCUT2D eigenvalue weighted by Gasteiger charge is -2.29. The fraction of sp³-hybridized carbons (Fsp3) is 0.515. The molecule has 0 saturated heterocycles. The third-order valence-corrected chi connectivity index (χ3v) is 7.32. The van der Waals surface area contributed by atoms with Gasteiger partial charge in [0.1, 0.15) is 5.78 Å². The van der Waals surface area contributed by atoms with Crippen LogP contribution in [0.3, 0.4) is 0 Å². The number of nitrogens with one attached hydrogen (secondary N) is 1. The van der Waals surface area contributed by atoms with Gasteiger partial charge in [-0.25, -0.2) is 13.2 Å². The average Bonchev–Trinajstić information content (AvgIpc) is 2.87. The lowest BCUT2D eigenvalue weighted by Crippen LogP contribution is -2.22. The van der Waals surface area contributed by atoms with Gasteiger partial charge in [0, 0.05) is 31.2 Å². The zero-order valence-electron chi connectivity index (χ0n) is 24.5. The van der Waals surface area contributed by atoms with E-state index in [-0.39, 0.29) is 11.7 Å². The maximum absolute atomic E-state index is 14.1. The molecule has 6 heteroatoms. The molecule has 2 rings (SSSR count). The van der Waals surface area contributed by atoms with Gasteiger partial charge in [0.15, 0.2) is 17.5 Å². The molecule has 1 fully saturated rings. The summed E-state index contributed by atoms with van der Waals surface area (Å²) in [5.74, 6) is -3.64. The number of Topliss-reactive ketones (excluding diaryl/α,β-unsaturated/α-hetero) is 1. The summed E-state index contributed by atoms with van der Waals surface area (Å²) < 4.78 is 41.9. The molecule has 1 aliphatic rings. The SMILES string of the molecule is C=C(CCNCC(C)C)C/C(C(=C)C)=C(C(=C/C(C)c1cc(F)c(F)c(F)c1)\C1CCCC(=O)C1)/C(C)=N\C. The molecule has 1 aromatic rings. The molecule has 0 bridgehead atoms. The van der Waals surface area contributed by atoms with Crippen molar-refractivity contribution in [3.63, 3.8) is 0 Å². The number of aliphatic imine (C=N–C) groups is 1. The minimum absolute atomic E-state index is 0.0640. The molecular formula is C33H45F3N2O. The van der Waals surface area contributed by atoms with Crippen LogP contribution in [-0.4, -0.2) is 31.6 Å². The topological polar surface area (TPSA) is 41.5 Å². The summed E-state index contributed by atoms with van der Waals surface area (Å²) in [6.07, 6.45) is 5.94. The van der Waals surface area contributed by atoms with E-state index in [2.05, 4.69) is 37.3 Å². The molecule has 1 saturated carbocycles. The number of rotatable bonds is 13. The molecular weight excluding hydrogens is 497 g/mol. The molecule has 0 heterocycles. The van der Waals surface area contributed by atoms with Gasteiger partial charge in [0.05, 0.1) is 0 Å². The number of allylic oxidation sites excluding steroid dienone is 5. The van der Waals surface area contributed by atoms with Crippen molar-refractivity contribution in [1.82, 2.24) is 5.32 Å². The second-order valence-electron chi connectivity index (χ2n) is 11.3. The Bertz CT molecular complexity index is 1140. The normalized spacial score (nSPS) is 18.3. The van der Waals surface area contributed by atoms with Crippen LogP contribution < -0.4 is 5.32 Å². The monoisotopic (exact) mass is 542 g/mol. The molecule has 1 aliphatic carbocycles. The van der Waals surface area contributed by atoms with Gasteiger partial charge in [-0.3, -0.25) is 9.79 Å². The zero-order chi connectivity index (χ0) is 29.3. The largest absolute Gasteiger partial charge is 0.316 e. The van der Waals surface area contributed by atoms with Crippen molar-refractivity contribution in [1.29, 1.82) is 0 Å². The van der Waals surface area contributed by atoms with Crippen LogP contribution in [0.4, 0.5) is 13.2 Å². The van der Waals surface area contributed by atoms with Crippen molar-refractivity contribution < 1.29 is 18.0 Å². The van der Waals surface area contributed by atoms with E-state index < -0.39 is 23.4 Å². The molecule has 39 heavy (non-hydrogen) atoms. The lowest BCUT2D eigenvalue weighted by molar-refractivity contribution is -0.121. The first-order chi connectivity index (χ1) is 18.3. The number of carbonyl (C=O) groups is 1. The molecule has 0 aromatic heterocycles. The maximum atomic E-state index is 14.1. The minimum Gasteiger partial charge on any atom is -0.316 e. The van der Waals surface area contributed by atoms with Gasteiger partial charge in [-0.05, 0) is 99.2 Å². The van der Waals surface area contributed by atoms with E-state index in [4.69, 9.17) is 0 Å². The van der Waals surface area contributed by atoms with Crippen molar-refractivity contribution in [3.8, 4) is 0 Å². The number of ketones is 1. The standard InChI is InChI=1S/C33H45F3N2O/c1-20(2)19-38-13-12-22(5)14-28(21(3)4)32(24(7)37-8)29(25-10-9-11-27(39)16-25)15-23(6)26-17-30(34)33(36)31(35)18-26/h15,17-18,20,23,25,38H,3,5,9-14,16,19H2,1-2,4,6-8H3/b29-15-,32-28+,37-24-. The molecule has 3 nitrogen and oxygen atoms in total. The van der Waals surface area contributed by atoms with Crippen LogP contribution in [0.5, 0.6) is 0 Å². The highest BCUT2D eigenvalue weighted by atomic mass is 19.2. The van der Waals surface area contributed by atoms with E-state index in [0.717, 1.165) is 78.1 Å². The summed E-state index contributed by atoms with van der Waals surface area (Å²) in [6, 6.07) is 2.08. The summed E-state index contributed by atoms with van der Waals surface area (Å²) in [6.45, 7) is 20.4. The van der Waals surface area contributed by atoms with E-state index in [1.165, 1.54) is 0 Å². The van der Waals surface area contributed by atoms with E-state index in [1.54, 1.807) is 7.05 Å². The Hall–Kier alpha value is -2.73. The van der Waals surface area contributed by atoms with Crippen molar-refractivity contribution in [2.24, 2.45) is 16.8 Å². The molecule has 2 unspecified atom stereocenters. The van der Waals surface area contributed by atoms with Crippen LogP contribution in [0.15, 0.2) is 64.2 Å². The quantitative estimate of drug-likeness (QED) is 0.0893. The van der Waals surface area contributed by atoms with Crippen molar-refractivity contribution in [3.05, 3.63) is 82.2 Å². The van der Waals surface area contributed by atoms with Crippen LogP contribution in [0.2, 0.25) is 0 Å². The molecule has 0 aliphatic heterocycles. The highest BCUT2D eigenvalue weighted by Gasteiger charge is 2.28. The molecule has 0 radical (unpaired) electrons. The number of benzene rings is 1. The number of carbonyl (C=O) groups excluding carboxylic acids is 1. The lowest BCUT2D eigenvalue weighted by atomic mass is 9.75. The third kappa shape index (κ3) is 9.45. The summed E-state index contributed by atoms with van der Waals surface area (Å²) in [4.78, 5) is 17.1. The Morgan fingerprint density at radius 3 is 2.33 bits per heavy atom. The Morgan fingerprint density at radius 1 is 1.15 bits per heavy atom. The van der Waals surface area contributed by atoms with Crippen LogP contribution in [0.25, 0.3) is 0 Å². The smallest absolute Gasteiger partial charge is 0.194 e. The van der Waals surface area contributed by atoms with Crippen LogP contribution >= 0.6 is 0 Å². The van der Waals surface area contributed by atoms with Gasteiger partial charge < -0.3 is 5.32 Å². The van der Waals surface area contributed by atoms with E-state index in [9.17, 15) is 18.0 Å². The summed E-state index contributed by atoms with van der Waals surface area (Å²) in [7, 11) is 1.73. The first kappa shape index (κ1) is 32.5. The van der Waals surface area contributed by atoms with E-state index >= 15 is 0 Å². The summed E-state index contributed by atoms with van der Waals surface area (Å²) in [5.41, 5.74) is 5.90. The Kier molecular flexibility index (Phi) is 12.6. The molecule has 2 atom stereocenters. The number of nitrogens with zero attached hydrogens (tertiary/aromatic N) is 1. The first-order valence-corrected chi connectivity index (χ1v) is 13.9. The second kappa shape index (κ2) is 15.2. The van der Waals surface area contributed by atoms with E-state index in [0.29, 0.717) is 30.7 Å². The highest BCUT2D eigenvalue weighted by Crippen LogP contribution is 2.39. The Morgan fingerprint density at radius 2 is 1.79 bits per heavy atom. The minimum atomic E-state index is -1.48. The predicted molar refractivity (Wildman–Crippen MR) is 157 cm³/mol. The molecule has 214 valence electrons.